The van der Waals surface area contributed by atoms with Crippen molar-refractivity contribution in [2.45, 2.75) is 50.9 Å². The van der Waals surface area contributed by atoms with Crippen LogP contribution in [0.1, 0.15) is 27.2 Å². The molecular weight excluding hydrogens is 258 g/mol. The zero-order valence-corrected chi connectivity index (χ0v) is 12.8. The topological polar surface area (TPSA) is 47.9 Å². The number of rotatable bonds is 4. The molecule has 0 aromatic carbocycles. The molecule has 0 fully saturated rings. The highest BCUT2D eigenvalue weighted by atomic mass is 35.5. The fourth-order valence-corrected chi connectivity index (χ4v) is 2.44. The van der Waals surface area contributed by atoms with Gasteiger partial charge in [0.05, 0.1) is 13.0 Å². The number of nitrogens with zero attached hydrogens (tertiary/aromatic N) is 1. The molecule has 1 aliphatic rings. The van der Waals surface area contributed by atoms with E-state index in [0.29, 0.717) is 11.6 Å². The largest absolute Gasteiger partial charge is 0.412 e. The third kappa shape index (κ3) is 3.30. The molecule has 98 valence electrons. The minimum absolute atomic E-state index is 0.0975. The van der Waals surface area contributed by atoms with E-state index in [1.807, 2.05) is 0 Å². The van der Waals surface area contributed by atoms with Gasteiger partial charge in [-0.05, 0) is 18.1 Å². The Balaban J connectivity index is 2.64. The first-order chi connectivity index (χ1) is 7.62. The Morgan fingerprint density at radius 3 is 2.53 bits per heavy atom. The van der Waals surface area contributed by atoms with E-state index in [0.717, 1.165) is 6.29 Å². The molecule has 1 rings (SSSR count). The van der Waals surface area contributed by atoms with Gasteiger partial charge in [-0.2, -0.15) is 0 Å². The molecule has 1 atom stereocenters. The van der Waals surface area contributed by atoms with E-state index in [-0.39, 0.29) is 11.6 Å². The van der Waals surface area contributed by atoms with Crippen LogP contribution in [-0.2, 0) is 14.1 Å². The maximum absolute atomic E-state index is 11.1. The van der Waals surface area contributed by atoms with Crippen LogP contribution in [0.25, 0.3) is 0 Å². The summed E-state index contributed by atoms with van der Waals surface area (Å²) in [5.41, 5.74) is -1.02. The molecule has 0 aliphatic carbocycles. The molecule has 1 aliphatic heterocycles. The number of carbonyl (C=O) groups excluding carboxylic acids is 1. The third-order valence-corrected chi connectivity index (χ3v) is 8.15. The fraction of sp³-hybridized carbons (Fsp3) is 0.818. The number of halogens is 1. The van der Waals surface area contributed by atoms with Crippen LogP contribution in [0, 0.1) is 0 Å². The number of oxime groups is 1. The maximum Gasteiger partial charge on any atom is 0.220 e. The van der Waals surface area contributed by atoms with Gasteiger partial charge < -0.3 is 9.26 Å². The van der Waals surface area contributed by atoms with Crippen molar-refractivity contribution in [3.05, 3.63) is 0 Å². The van der Waals surface area contributed by atoms with Crippen molar-refractivity contribution in [3.8, 4) is 0 Å². The molecule has 4 nitrogen and oxygen atoms in total. The normalized spacial score (nSPS) is 25.4. The second-order valence-corrected chi connectivity index (χ2v) is 11.2. The summed E-state index contributed by atoms with van der Waals surface area (Å²) in [6, 6.07) is 0. The molecule has 0 bridgehead atoms. The van der Waals surface area contributed by atoms with Crippen molar-refractivity contribution in [1.29, 1.82) is 0 Å². The summed E-state index contributed by atoms with van der Waals surface area (Å²) < 4.78 is 5.97. The Morgan fingerprint density at radius 2 is 2.18 bits per heavy atom. The first kappa shape index (κ1) is 14.7. The van der Waals surface area contributed by atoms with Gasteiger partial charge in [0.15, 0.2) is 14.6 Å². The summed E-state index contributed by atoms with van der Waals surface area (Å²) in [6.07, 6.45) is 1.03. The maximum atomic E-state index is 11.1. The minimum Gasteiger partial charge on any atom is -0.412 e. The van der Waals surface area contributed by atoms with E-state index in [1.54, 1.807) is 0 Å². The van der Waals surface area contributed by atoms with Crippen LogP contribution in [0.2, 0.25) is 18.1 Å². The van der Waals surface area contributed by atoms with Crippen molar-refractivity contribution >= 4 is 31.4 Å². The molecule has 6 heteroatoms. The zero-order valence-electron chi connectivity index (χ0n) is 11.0. The van der Waals surface area contributed by atoms with Crippen molar-refractivity contribution in [2.24, 2.45) is 5.16 Å². The first-order valence-electron chi connectivity index (χ1n) is 5.63. The lowest BCUT2D eigenvalue weighted by molar-refractivity contribution is -0.132. The van der Waals surface area contributed by atoms with Crippen LogP contribution in [0.3, 0.4) is 0 Å². The first-order valence-corrected chi connectivity index (χ1v) is 8.91. The predicted octanol–water partition coefficient (Wildman–Crippen LogP) is 2.92. The average molecular weight is 278 g/mol. The summed E-state index contributed by atoms with van der Waals surface area (Å²) in [5.74, 6) is 0. The van der Waals surface area contributed by atoms with E-state index >= 15 is 0 Å². The average Bonchev–Trinajstić information content (AvgIpc) is 2.57. The zero-order chi connectivity index (χ0) is 13.3. The molecule has 0 amide bonds. The lowest BCUT2D eigenvalue weighted by Crippen LogP contribution is -2.47. The Kier molecular flexibility index (Phi) is 4.06. The Morgan fingerprint density at radius 1 is 1.59 bits per heavy atom. The number of hydrogen-bond acceptors (Lipinski definition) is 4. The van der Waals surface area contributed by atoms with Gasteiger partial charge in [-0.15, -0.1) is 0 Å². The lowest BCUT2D eigenvalue weighted by atomic mass is 10.1. The Labute approximate surface area is 108 Å². The van der Waals surface area contributed by atoms with Crippen LogP contribution in [0.15, 0.2) is 5.16 Å². The number of aldehydes is 1. The summed E-state index contributed by atoms with van der Waals surface area (Å²) in [7, 11) is -1.89. The van der Waals surface area contributed by atoms with Crippen LogP contribution in [-0.4, -0.2) is 32.0 Å². The second kappa shape index (κ2) is 4.70. The van der Waals surface area contributed by atoms with Crippen LogP contribution in [0.5, 0.6) is 0 Å². The van der Waals surface area contributed by atoms with Gasteiger partial charge in [0.1, 0.15) is 5.17 Å². The van der Waals surface area contributed by atoms with Gasteiger partial charge in [0.2, 0.25) is 5.60 Å². The Bertz CT molecular complexity index is 338. The monoisotopic (exact) mass is 277 g/mol. The van der Waals surface area contributed by atoms with Crippen LogP contribution >= 0.6 is 11.6 Å². The SMILES string of the molecule is CC(C)(C)[Si](C)(C)OCC1(C=O)CC(Cl)=NO1. The van der Waals surface area contributed by atoms with E-state index < -0.39 is 13.9 Å². The highest BCUT2D eigenvalue weighted by molar-refractivity contribution is 6.74. The molecule has 17 heavy (non-hydrogen) atoms. The van der Waals surface area contributed by atoms with E-state index in [9.17, 15) is 4.79 Å². The van der Waals surface area contributed by atoms with Gasteiger partial charge in [0, 0.05) is 0 Å². The number of hydrogen-bond donors (Lipinski definition) is 0. The predicted molar refractivity (Wildman–Crippen MR) is 70.9 cm³/mol. The van der Waals surface area contributed by atoms with Crippen molar-refractivity contribution in [3.63, 3.8) is 0 Å². The fourth-order valence-electron chi connectivity index (χ4n) is 1.15. The molecule has 0 aromatic rings. The molecule has 0 radical (unpaired) electrons. The number of carbonyl (C=O) groups is 1. The lowest BCUT2D eigenvalue weighted by Gasteiger charge is -2.37. The molecule has 0 spiro atoms. The minimum atomic E-state index is -1.89. The summed E-state index contributed by atoms with van der Waals surface area (Å²) in [4.78, 5) is 16.2. The second-order valence-electron chi connectivity index (χ2n) is 5.97. The smallest absolute Gasteiger partial charge is 0.220 e. The molecule has 1 unspecified atom stereocenters. The third-order valence-electron chi connectivity index (χ3n) is 3.47. The van der Waals surface area contributed by atoms with Gasteiger partial charge >= 0.3 is 0 Å². The van der Waals surface area contributed by atoms with Gasteiger partial charge in [-0.3, -0.25) is 4.79 Å². The van der Waals surface area contributed by atoms with Gasteiger partial charge in [0.25, 0.3) is 0 Å². The van der Waals surface area contributed by atoms with E-state index in [1.165, 1.54) is 0 Å². The van der Waals surface area contributed by atoms with Crippen LogP contribution in [0.4, 0.5) is 0 Å². The van der Waals surface area contributed by atoms with Crippen molar-refractivity contribution < 1.29 is 14.1 Å². The molecule has 0 saturated heterocycles. The van der Waals surface area contributed by atoms with E-state index in [4.69, 9.17) is 20.9 Å². The quantitative estimate of drug-likeness (QED) is 0.586. The molecular formula is C11H20ClNO3Si. The van der Waals surface area contributed by atoms with Crippen molar-refractivity contribution in [1.82, 2.24) is 0 Å². The summed E-state index contributed by atoms with van der Waals surface area (Å²) >= 11 is 5.74. The van der Waals surface area contributed by atoms with Gasteiger partial charge in [-0.25, -0.2) is 0 Å². The molecule has 0 saturated carbocycles. The highest BCUT2D eigenvalue weighted by Crippen LogP contribution is 2.37. The van der Waals surface area contributed by atoms with Crippen LogP contribution < -0.4 is 0 Å². The van der Waals surface area contributed by atoms with Gasteiger partial charge in [-0.1, -0.05) is 37.5 Å². The molecule has 0 N–H and O–H groups in total. The Hall–Kier alpha value is -0.393. The standard InChI is InChI=1S/C11H20ClNO3Si/c1-10(2,3)17(4,5)15-8-11(7-14)6-9(12)13-16-11/h7H,6,8H2,1-5H3. The molecule has 1 heterocycles. The van der Waals surface area contributed by atoms with Crippen molar-refractivity contribution in [2.75, 3.05) is 6.61 Å². The summed E-state index contributed by atoms with van der Waals surface area (Å²) in [5, 5.41) is 4.02. The van der Waals surface area contributed by atoms with E-state index in [2.05, 4.69) is 39.0 Å². The molecule has 0 aromatic heterocycles. The highest BCUT2D eigenvalue weighted by Gasteiger charge is 2.44. The summed E-state index contributed by atoms with van der Waals surface area (Å²) in [6.45, 7) is 10.9.